The van der Waals surface area contributed by atoms with Crippen molar-refractivity contribution in [3.05, 3.63) is 30.7 Å². The average molecular weight is 219 g/mol. The van der Waals surface area contributed by atoms with Crippen molar-refractivity contribution in [2.75, 3.05) is 20.0 Å². The van der Waals surface area contributed by atoms with Crippen LogP contribution < -0.4 is 15.2 Å². The average Bonchev–Trinajstić information content (AvgIpc) is 2.81. The van der Waals surface area contributed by atoms with E-state index in [0.717, 1.165) is 11.1 Å². The molecule has 0 bridgehead atoms. The van der Waals surface area contributed by atoms with E-state index in [9.17, 15) is 0 Å². The van der Waals surface area contributed by atoms with E-state index in [0.29, 0.717) is 17.2 Å². The Morgan fingerprint density at radius 1 is 1.19 bits per heavy atom. The first-order chi connectivity index (χ1) is 7.76. The van der Waals surface area contributed by atoms with Crippen LogP contribution >= 0.6 is 0 Å². The summed E-state index contributed by atoms with van der Waals surface area (Å²) in [5.74, 6) is 1.26. The Morgan fingerprint density at radius 2 is 2.00 bits per heavy atom. The summed E-state index contributed by atoms with van der Waals surface area (Å²) in [6.45, 7) is 0. The number of hydrogen-bond acceptors (Lipinski definition) is 4. The fourth-order valence-corrected chi connectivity index (χ4v) is 1.62. The summed E-state index contributed by atoms with van der Waals surface area (Å²) in [6, 6.07) is 5.39. The molecule has 0 saturated carbocycles. The predicted molar refractivity (Wildman–Crippen MR) is 61.7 cm³/mol. The summed E-state index contributed by atoms with van der Waals surface area (Å²) in [5, 5.41) is 0. The summed E-state index contributed by atoms with van der Waals surface area (Å²) in [4.78, 5) is 0. The monoisotopic (exact) mass is 219 g/mol. The van der Waals surface area contributed by atoms with E-state index in [2.05, 4.69) is 0 Å². The first-order valence-corrected chi connectivity index (χ1v) is 4.80. The summed E-state index contributed by atoms with van der Waals surface area (Å²) in [6.07, 6.45) is 3.24. The van der Waals surface area contributed by atoms with Gasteiger partial charge in [0.15, 0.2) is 11.5 Å². The molecule has 2 aromatic rings. The van der Waals surface area contributed by atoms with E-state index in [1.165, 1.54) is 0 Å². The fraction of sp³-hybridized carbons (Fsp3) is 0.167. The van der Waals surface area contributed by atoms with Gasteiger partial charge in [0.1, 0.15) is 0 Å². The molecule has 1 aromatic heterocycles. The Balaban J connectivity index is 2.63. The van der Waals surface area contributed by atoms with Crippen LogP contribution in [0.25, 0.3) is 11.1 Å². The van der Waals surface area contributed by atoms with Crippen LogP contribution in [0.2, 0.25) is 0 Å². The molecule has 0 saturated heterocycles. The molecule has 0 spiro atoms. The highest BCUT2D eigenvalue weighted by molar-refractivity contribution is 5.77. The minimum atomic E-state index is 0.610. The normalized spacial score (nSPS) is 10.1. The maximum absolute atomic E-state index is 5.80. The second kappa shape index (κ2) is 4.18. The molecule has 4 nitrogen and oxygen atoms in total. The highest BCUT2D eigenvalue weighted by Crippen LogP contribution is 2.40. The van der Waals surface area contributed by atoms with E-state index in [-0.39, 0.29) is 0 Å². The summed E-state index contributed by atoms with van der Waals surface area (Å²) >= 11 is 0. The van der Waals surface area contributed by atoms with Gasteiger partial charge < -0.3 is 19.6 Å². The first-order valence-electron chi connectivity index (χ1n) is 4.80. The van der Waals surface area contributed by atoms with Gasteiger partial charge >= 0.3 is 0 Å². The maximum atomic E-state index is 5.80. The fourth-order valence-electron chi connectivity index (χ4n) is 1.62. The lowest BCUT2D eigenvalue weighted by molar-refractivity contribution is 0.356. The lowest BCUT2D eigenvalue weighted by Crippen LogP contribution is -1.95. The van der Waals surface area contributed by atoms with E-state index >= 15 is 0 Å². The molecule has 0 unspecified atom stereocenters. The quantitative estimate of drug-likeness (QED) is 0.806. The zero-order valence-electron chi connectivity index (χ0n) is 9.19. The van der Waals surface area contributed by atoms with Crippen LogP contribution in [0.3, 0.4) is 0 Å². The number of furan rings is 1. The van der Waals surface area contributed by atoms with Crippen LogP contribution in [-0.4, -0.2) is 14.2 Å². The lowest BCUT2D eigenvalue weighted by Gasteiger charge is -2.12. The maximum Gasteiger partial charge on any atom is 0.168 e. The van der Waals surface area contributed by atoms with E-state index in [1.807, 2.05) is 12.1 Å². The smallest absolute Gasteiger partial charge is 0.168 e. The highest BCUT2D eigenvalue weighted by atomic mass is 16.5. The molecular formula is C12H13NO3. The number of anilines is 1. The van der Waals surface area contributed by atoms with Gasteiger partial charge in [0.25, 0.3) is 0 Å². The van der Waals surface area contributed by atoms with Crippen molar-refractivity contribution in [1.82, 2.24) is 0 Å². The topological polar surface area (TPSA) is 57.6 Å². The molecule has 16 heavy (non-hydrogen) atoms. The number of benzene rings is 1. The molecule has 2 N–H and O–H groups in total. The van der Waals surface area contributed by atoms with E-state index < -0.39 is 0 Å². The van der Waals surface area contributed by atoms with Crippen LogP contribution in [0.1, 0.15) is 0 Å². The molecule has 0 amide bonds. The van der Waals surface area contributed by atoms with Crippen LogP contribution in [0.5, 0.6) is 11.5 Å². The van der Waals surface area contributed by atoms with Gasteiger partial charge in [-0.25, -0.2) is 0 Å². The molecule has 2 rings (SSSR count). The van der Waals surface area contributed by atoms with Gasteiger partial charge in [-0.05, 0) is 12.1 Å². The number of nitrogens with two attached hydrogens (primary N) is 1. The molecule has 0 atom stereocenters. The standard InChI is InChI=1S/C12H13NO3/c1-14-11-6-9(13)5-10(12(11)15-2)8-3-4-16-7-8/h3-7H,13H2,1-2H3. The Kier molecular flexibility index (Phi) is 2.72. The van der Waals surface area contributed by atoms with E-state index in [4.69, 9.17) is 19.6 Å². The van der Waals surface area contributed by atoms with Crippen molar-refractivity contribution in [2.24, 2.45) is 0 Å². The van der Waals surface area contributed by atoms with Gasteiger partial charge in [0.2, 0.25) is 0 Å². The molecule has 84 valence electrons. The second-order valence-corrected chi connectivity index (χ2v) is 3.32. The highest BCUT2D eigenvalue weighted by Gasteiger charge is 2.13. The van der Waals surface area contributed by atoms with Crippen LogP contribution in [-0.2, 0) is 0 Å². The molecule has 1 aromatic carbocycles. The molecule has 0 aliphatic rings. The summed E-state index contributed by atoms with van der Waals surface area (Å²) in [7, 11) is 3.17. The second-order valence-electron chi connectivity index (χ2n) is 3.32. The molecule has 1 heterocycles. The first kappa shape index (κ1) is 10.4. The van der Waals surface area contributed by atoms with Gasteiger partial charge in [-0.1, -0.05) is 0 Å². The van der Waals surface area contributed by atoms with Crippen molar-refractivity contribution in [3.63, 3.8) is 0 Å². The van der Waals surface area contributed by atoms with Gasteiger partial charge in [-0.3, -0.25) is 0 Å². The SMILES string of the molecule is COc1cc(N)cc(-c2ccoc2)c1OC. The molecular weight excluding hydrogens is 206 g/mol. The largest absolute Gasteiger partial charge is 0.493 e. The summed E-state index contributed by atoms with van der Waals surface area (Å²) < 4.78 is 15.6. The van der Waals surface area contributed by atoms with Crippen molar-refractivity contribution >= 4 is 5.69 Å². The van der Waals surface area contributed by atoms with E-state index in [1.54, 1.807) is 32.8 Å². The zero-order chi connectivity index (χ0) is 11.5. The molecule has 4 heteroatoms. The van der Waals surface area contributed by atoms with Crippen LogP contribution in [0, 0.1) is 0 Å². The number of hydrogen-bond donors (Lipinski definition) is 1. The molecule has 0 radical (unpaired) electrons. The van der Waals surface area contributed by atoms with Gasteiger partial charge in [-0.15, -0.1) is 0 Å². The Labute approximate surface area is 93.6 Å². The van der Waals surface area contributed by atoms with Gasteiger partial charge in [0.05, 0.1) is 26.7 Å². The Bertz CT molecular complexity index is 477. The van der Waals surface area contributed by atoms with Gasteiger partial charge in [-0.2, -0.15) is 0 Å². The number of nitrogen functional groups attached to an aromatic ring is 1. The predicted octanol–water partition coefficient (Wildman–Crippen LogP) is 2.55. The molecule has 0 aliphatic carbocycles. The summed E-state index contributed by atoms with van der Waals surface area (Å²) in [5.41, 5.74) is 8.18. The number of rotatable bonds is 3. The van der Waals surface area contributed by atoms with Crippen molar-refractivity contribution in [1.29, 1.82) is 0 Å². The minimum absolute atomic E-state index is 0.610. The van der Waals surface area contributed by atoms with Crippen LogP contribution in [0.4, 0.5) is 5.69 Å². The Morgan fingerprint density at radius 3 is 2.56 bits per heavy atom. The lowest BCUT2D eigenvalue weighted by atomic mass is 10.1. The third-order valence-electron chi connectivity index (χ3n) is 2.33. The van der Waals surface area contributed by atoms with Crippen LogP contribution in [0.15, 0.2) is 35.1 Å². The Hall–Kier alpha value is -2.10. The zero-order valence-corrected chi connectivity index (χ0v) is 9.19. The van der Waals surface area contributed by atoms with Crippen molar-refractivity contribution < 1.29 is 13.9 Å². The number of ether oxygens (including phenoxy) is 2. The molecule has 0 aliphatic heterocycles. The molecule has 0 fully saturated rings. The van der Waals surface area contributed by atoms with Crippen molar-refractivity contribution in [2.45, 2.75) is 0 Å². The van der Waals surface area contributed by atoms with Gasteiger partial charge in [0, 0.05) is 22.9 Å². The third kappa shape index (κ3) is 1.69. The number of methoxy groups -OCH3 is 2. The van der Waals surface area contributed by atoms with Crippen molar-refractivity contribution in [3.8, 4) is 22.6 Å². The minimum Gasteiger partial charge on any atom is -0.493 e. The third-order valence-corrected chi connectivity index (χ3v) is 2.33.